The quantitative estimate of drug-likeness (QED) is 0.637. The van der Waals surface area contributed by atoms with Crippen molar-refractivity contribution in [2.45, 2.75) is 37.7 Å². The van der Waals surface area contributed by atoms with Crippen LogP contribution in [0.15, 0.2) is 18.2 Å². The van der Waals surface area contributed by atoms with E-state index in [1.54, 1.807) is 0 Å². The van der Waals surface area contributed by atoms with E-state index in [0.29, 0.717) is 12.8 Å². The van der Waals surface area contributed by atoms with Crippen molar-refractivity contribution in [1.82, 2.24) is 0 Å². The molecule has 1 aromatic rings. The first-order valence-electron chi connectivity index (χ1n) is 6.79. The summed E-state index contributed by atoms with van der Waals surface area (Å²) in [6.45, 7) is -0.0611. The van der Waals surface area contributed by atoms with Crippen molar-refractivity contribution < 1.29 is 24.7 Å². The standard InChI is InChI=1S/C14H17NO6/c16-13(17)12-10(15(19)20)5-4-6-11(12)21-9-14(18)7-2-1-3-8-14/h4-6,18H,1-3,7-9H2,(H,16,17). The number of nitrogens with zero attached hydrogens (tertiary/aromatic N) is 1. The number of benzene rings is 1. The molecule has 0 radical (unpaired) electrons. The highest BCUT2D eigenvalue weighted by Gasteiger charge is 2.31. The van der Waals surface area contributed by atoms with Gasteiger partial charge in [-0.25, -0.2) is 4.79 Å². The first-order chi connectivity index (χ1) is 9.93. The minimum Gasteiger partial charge on any atom is -0.489 e. The molecule has 0 amide bonds. The molecule has 0 atom stereocenters. The molecule has 2 N–H and O–H groups in total. The molecule has 0 aliphatic heterocycles. The van der Waals surface area contributed by atoms with Crippen molar-refractivity contribution in [3.63, 3.8) is 0 Å². The van der Waals surface area contributed by atoms with E-state index in [4.69, 9.17) is 9.84 Å². The third kappa shape index (κ3) is 3.49. The number of aliphatic hydroxyl groups is 1. The Bertz CT molecular complexity index is 550. The molecule has 1 aromatic carbocycles. The molecule has 7 nitrogen and oxygen atoms in total. The average molecular weight is 295 g/mol. The summed E-state index contributed by atoms with van der Waals surface area (Å²) >= 11 is 0. The summed E-state index contributed by atoms with van der Waals surface area (Å²) < 4.78 is 5.40. The number of hydrogen-bond acceptors (Lipinski definition) is 5. The minimum absolute atomic E-state index is 0.0611. The number of nitro groups is 1. The summed E-state index contributed by atoms with van der Waals surface area (Å²) in [4.78, 5) is 21.4. The van der Waals surface area contributed by atoms with Crippen LogP contribution in [0.25, 0.3) is 0 Å². The third-order valence-corrected chi connectivity index (χ3v) is 3.70. The fraction of sp³-hybridized carbons (Fsp3) is 0.500. The van der Waals surface area contributed by atoms with E-state index >= 15 is 0 Å². The number of hydrogen-bond donors (Lipinski definition) is 2. The normalized spacial score (nSPS) is 17.2. The Morgan fingerprint density at radius 1 is 1.33 bits per heavy atom. The van der Waals surface area contributed by atoms with Crippen LogP contribution in [0.5, 0.6) is 5.75 Å². The van der Waals surface area contributed by atoms with Crippen molar-refractivity contribution in [2.75, 3.05) is 6.61 Å². The predicted octanol–water partition coefficient (Wildman–Crippen LogP) is 2.37. The van der Waals surface area contributed by atoms with E-state index < -0.39 is 27.7 Å². The number of carboxylic acids is 1. The molecule has 21 heavy (non-hydrogen) atoms. The molecule has 0 saturated heterocycles. The van der Waals surface area contributed by atoms with Gasteiger partial charge in [-0.3, -0.25) is 10.1 Å². The summed E-state index contributed by atoms with van der Waals surface area (Å²) in [5.74, 6) is -1.51. The summed E-state index contributed by atoms with van der Waals surface area (Å²) in [6.07, 6.45) is 4.01. The minimum atomic E-state index is -1.42. The molecular weight excluding hydrogens is 278 g/mol. The lowest BCUT2D eigenvalue weighted by atomic mass is 9.85. The van der Waals surface area contributed by atoms with Crippen LogP contribution >= 0.6 is 0 Å². The van der Waals surface area contributed by atoms with Crippen LogP contribution in [0, 0.1) is 10.1 Å². The lowest BCUT2D eigenvalue weighted by molar-refractivity contribution is -0.385. The molecule has 1 aliphatic carbocycles. The van der Waals surface area contributed by atoms with Gasteiger partial charge in [0.2, 0.25) is 0 Å². The zero-order valence-corrected chi connectivity index (χ0v) is 11.4. The maximum absolute atomic E-state index is 11.2. The summed E-state index contributed by atoms with van der Waals surface area (Å²) in [7, 11) is 0. The monoisotopic (exact) mass is 295 g/mol. The molecule has 0 spiro atoms. The Morgan fingerprint density at radius 2 is 2.00 bits per heavy atom. The Labute approximate surface area is 121 Å². The summed E-state index contributed by atoms with van der Waals surface area (Å²) in [6, 6.07) is 3.85. The third-order valence-electron chi connectivity index (χ3n) is 3.70. The lowest BCUT2D eigenvalue weighted by Gasteiger charge is -2.31. The van der Waals surface area contributed by atoms with E-state index in [9.17, 15) is 20.0 Å². The van der Waals surface area contributed by atoms with Gasteiger partial charge in [-0.1, -0.05) is 25.3 Å². The molecular formula is C14H17NO6. The van der Waals surface area contributed by atoms with E-state index in [2.05, 4.69) is 0 Å². The highest BCUT2D eigenvalue weighted by Crippen LogP contribution is 2.32. The van der Waals surface area contributed by atoms with Crippen LogP contribution in [0.4, 0.5) is 5.69 Å². The number of carbonyl (C=O) groups is 1. The van der Waals surface area contributed by atoms with Crippen LogP contribution in [0.1, 0.15) is 42.5 Å². The number of carboxylic acid groups (broad SMARTS) is 1. The Kier molecular flexibility index (Phi) is 4.42. The second-order valence-electron chi connectivity index (χ2n) is 5.29. The van der Waals surface area contributed by atoms with Crippen LogP contribution in [-0.4, -0.2) is 33.3 Å². The van der Waals surface area contributed by atoms with Gasteiger partial charge in [-0.2, -0.15) is 0 Å². The van der Waals surface area contributed by atoms with Gasteiger partial charge < -0.3 is 14.9 Å². The van der Waals surface area contributed by atoms with Gasteiger partial charge in [0.15, 0.2) is 5.56 Å². The summed E-state index contributed by atoms with van der Waals surface area (Å²) in [5.41, 5.74) is -1.99. The van der Waals surface area contributed by atoms with E-state index in [0.717, 1.165) is 25.3 Å². The fourth-order valence-electron chi connectivity index (χ4n) is 2.57. The largest absolute Gasteiger partial charge is 0.489 e. The Balaban J connectivity index is 2.21. The van der Waals surface area contributed by atoms with Crippen molar-refractivity contribution in [1.29, 1.82) is 0 Å². The van der Waals surface area contributed by atoms with Crippen molar-refractivity contribution >= 4 is 11.7 Å². The summed E-state index contributed by atoms with van der Waals surface area (Å²) in [5, 5.41) is 30.4. The molecule has 1 saturated carbocycles. The van der Waals surface area contributed by atoms with Gasteiger partial charge in [-0.15, -0.1) is 0 Å². The molecule has 2 rings (SSSR count). The van der Waals surface area contributed by atoms with Gasteiger partial charge >= 0.3 is 5.97 Å². The van der Waals surface area contributed by atoms with Gasteiger partial charge in [0, 0.05) is 6.07 Å². The van der Waals surface area contributed by atoms with Crippen LogP contribution in [-0.2, 0) is 0 Å². The number of nitro benzene ring substituents is 1. The van der Waals surface area contributed by atoms with Gasteiger partial charge in [0.1, 0.15) is 12.4 Å². The SMILES string of the molecule is O=C(O)c1c(OCC2(O)CCCCC2)cccc1[N+](=O)[O-]. The van der Waals surface area contributed by atoms with Crippen molar-refractivity contribution in [3.8, 4) is 5.75 Å². The van der Waals surface area contributed by atoms with Gasteiger partial charge in [-0.05, 0) is 18.9 Å². The molecule has 0 unspecified atom stereocenters. The number of ether oxygens (including phenoxy) is 1. The van der Waals surface area contributed by atoms with Gasteiger partial charge in [0.25, 0.3) is 5.69 Å². The number of aromatic carboxylic acids is 1. The molecule has 1 fully saturated rings. The molecule has 0 aromatic heterocycles. The van der Waals surface area contributed by atoms with Crippen LogP contribution < -0.4 is 4.74 Å². The molecule has 1 aliphatic rings. The second-order valence-corrected chi connectivity index (χ2v) is 5.29. The average Bonchev–Trinajstić information content (AvgIpc) is 2.45. The highest BCUT2D eigenvalue weighted by molar-refractivity contribution is 5.95. The Morgan fingerprint density at radius 3 is 2.57 bits per heavy atom. The van der Waals surface area contributed by atoms with E-state index in [1.165, 1.54) is 12.1 Å². The lowest BCUT2D eigenvalue weighted by Crippen LogP contribution is -2.38. The maximum atomic E-state index is 11.2. The molecule has 114 valence electrons. The molecule has 7 heteroatoms. The highest BCUT2D eigenvalue weighted by atomic mass is 16.6. The topological polar surface area (TPSA) is 110 Å². The van der Waals surface area contributed by atoms with Gasteiger partial charge in [0.05, 0.1) is 10.5 Å². The van der Waals surface area contributed by atoms with Crippen molar-refractivity contribution in [3.05, 3.63) is 33.9 Å². The van der Waals surface area contributed by atoms with E-state index in [1.807, 2.05) is 0 Å². The smallest absolute Gasteiger partial charge is 0.346 e. The van der Waals surface area contributed by atoms with E-state index in [-0.39, 0.29) is 12.4 Å². The first-order valence-corrected chi connectivity index (χ1v) is 6.79. The first kappa shape index (κ1) is 15.2. The fourth-order valence-corrected chi connectivity index (χ4v) is 2.57. The number of rotatable bonds is 5. The maximum Gasteiger partial charge on any atom is 0.346 e. The van der Waals surface area contributed by atoms with Crippen LogP contribution in [0.3, 0.4) is 0 Å². The Hall–Kier alpha value is -2.15. The molecule has 0 bridgehead atoms. The zero-order chi connectivity index (χ0) is 15.5. The zero-order valence-electron chi connectivity index (χ0n) is 11.4. The van der Waals surface area contributed by atoms with Crippen LogP contribution in [0.2, 0.25) is 0 Å². The predicted molar refractivity (Wildman–Crippen MR) is 73.6 cm³/mol. The second kappa shape index (κ2) is 6.09. The van der Waals surface area contributed by atoms with Crippen molar-refractivity contribution in [2.24, 2.45) is 0 Å². The molecule has 0 heterocycles.